The van der Waals surface area contributed by atoms with E-state index in [-0.39, 0.29) is 6.04 Å². The minimum Gasteiger partial charge on any atom is -0.306 e. The van der Waals surface area contributed by atoms with E-state index in [2.05, 4.69) is 42.3 Å². The van der Waals surface area contributed by atoms with Gasteiger partial charge in [0.25, 0.3) is 0 Å². The molecule has 1 heterocycles. The van der Waals surface area contributed by atoms with E-state index < -0.39 is 0 Å². The average molecular weight is 295 g/mol. The lowest BCUT2D eigenvalue weighted by Gasteiger charge is -2.18. The summed E-state index contributed by atoms with van der Waals surface area (Å²) in [5.74, 6) is 0. The number of thiazole rings is 1. The van der Waals surface area contributed by atoms with Crippen molar-refractivity contribution in [2.45, 2.75) is 33.7 Å². The molecule has 0 saturated heterocycles. The van der Waals surface area contributed by atoms with Crippen molar-refractivity contribution in [2.24, 2.45) is 0 Å². The Kier molecular flexibility index (Phi) is 4.61. The molecule has 4 heteroatoms. The number of rotatable bonds is 4. The van der Waals surface area contributed by atoms with Crippen LogP contribution in [0.3, 0.4) is 0 Å². The molecule has 1 N–H and O–H groups in total. The number of aryl methyl sites for hydroxylation is 3. The summed E-state index contributed by atoms with van der Waals surface area (Å²) in [6, 6.07) is 6.45. The molecule has 0 amide bonds. The highest BCUT2D eigenvalue weighted by Crippen LogP contribution is 2.31. The van der Waals surface area contributed by atoms with Gasteiger partial charge < -0.3 is 5.32 Å². The zero-order chi connectivity index (χ0) is 14.0. The molecular formula is C15H19ClN2S. The van der Waals surface area contributed by atoms with E-state index in [9.17, 15) is 0 Å². The molecule has 102 valence electrons. The number of benzene rings is 1. The Hall–Kier alpha value is -0.900. The molecule has 1 unspecified atom stereocenters. The van der Waals surface area contributed by atoms with Gasteiger partial charge in [-0.3, -0.25) is 0 Å². The minimum atomic E-state index is 0.175. The first-order chi connectivity index (χ1) is 9.02. The number of nitrogens with zero attached hydrogens (tertiary/aromatic N) is 1. The van der Waals surface area contributed by atoms with Gasteiger partial charge in [0, 0.05) is 9.90 Å². The Morgan fingerprint density at radius 1 is 1.32 bits per heavy atom. The highest BCUT2D eigenvalue weighted by Gasteiger charge is 2.19. The molecule has 0 radical (unpaired) electrons. The molecule has 0 aliphatic heterocycles. The van der Waals surface area contributed by atoms with Crippen molar-refractivity contribution < 1.29 is 0 Å². The third-order valence-electron chi connectivity index (χ3n) is 3.14. The van der Waals surface area contributed by atoms with E-state index in [4.69, 9.17) is 11.6 Å². The van der Waals surface area contributed by atoms with E-state index in [0.29, 0.717) is 0 Å². The van der Waals surface area contributed by atoms with Gasteiger partial charge in [0.05, 0.1) is 16.7 Å². The molecule has 2 nitrogen and oxygen atoms in total. The van der Waals surface area contributed by atoms with Crippen LogP contribution < -0.4 is 5.32 Å². The van der Waals surface area contributed by atoms with Crippen molar-refractivity contribution >= 4 is 22.9 Å². The van der Waals surface area contributed by atoms with Gasteiger partial charge in [0.15, 0.2) is 0 Å². The summed E-state index contributed by atoms with van der Waals surface area (Å²) in [6.45, 7) is 9.17. The fraction of sp³-hybridized carbons (Fsp3) is 0.400. The lowest BCUT2D eigenvalue weighted by molar-refractivity contribution is 0.635. The number of aromatic nitrogens is 1. The predicted octanol–water partition coefficient (Wildman–Crippen LogP) is 4.42. The van der Waals surface area contributed by atoms with Crippen molar-refractivity contribution in [3.8, 4) is 0 Å². The summed E-state index contributed by atoms with van der Waals surface area (Å²) in [5, 5.41) is 5.45. The second-order valence-corrected chi connectivity index (χ2v) is 6.32. The molecule has 0 fully saturated rings. The van der Waals surface area contributed by atoms with Crippen LogP contribution in [0.15, 0.2) is 18.2 Å². The Morgan fingerprint density at radius 3 is 2.58 bits per heavy atom. The smallest absolute Gasteiger partial charge is 0.0900 e. The Bertz CT molecular complexity index is 578. The first kappa shape index (κ1) is 14.5. The summed E-state index contributed by atoms with van der Waals surface area (Å²) in [7, 11) is 0. The Labute approximate surface area is 123 Å². The van der Waals surface area contributed by atoms with Crippen LogP contribution in [0.2, 0.25) is 5.02 Å². The van der Waals surface area contributed by atoms with Gasteiger partial charge >= 0.3 is 0 Å². The molecule has 0 bridgehead atoms. The van der Waals surface area contributed by atoms with Crippen LogP contribution in [-0.4, -0.2) is 11.5 Å². The summed E-state index contributed by atoms with van der Waals surface area (Å²) >= 11 is 8.00. The van der Waals surface area contributed by atoms with E-state index in [1.54, 1.807) is 11.3 Å². The number of hydrogen-bond acceptors (Lipinski definition) is 3. The van der Waals surface area contributed by atoms with Gasteiger partial charge in [-0.1, -0.05) is 30.7 Å². The van der Waals surface area contributed by atoms with Crippen LogP contribution in [0, 0.1) is 20.8 Å². The molecule has 2 rings (SSSR count). The first-order valence-corrected chi connectivity index (χ1v) is 7.65. The van der Waals surface area contributed by atoms with Crippen molar-refractivity contribution in [3.63, 3.8) is 0 Å². The van der Waals surface area contributed by atoms with Gasteiger partial charge in [0.1, 0.15) is 0 Å². The van der Waals surface area contributed by atoms with Crippen molar-refractivity contribution in [2.75, 3.05) is 6.54 Å². The molecule has 19 heavy (non-hydrogen) atoms. The van der Waals surface area contributed by atoms with Gasteiger partial charge in [-0.15, -0.1) is 11.3 Å². The zero-order valence-corrected chi connectivity index (χ0v) is 13.3. The topological polar surface area (TPSA) is 24.9 Å². The standard InChI is InChI=1S/C15H19ClN2S/c1-5-17-14(15-10(3)18-11(4)19-15)12-7-6-9(2)13(16)8-12/h6-8,14,17H,5H2,1-4H3. The molecule has 1 atom stereocenters. The Balaban J connectivity index is 2.44. The van der Waals surface area contributed by atoms with Gasteiger partial charge in [-0.05, 0) is 44.5 Å². The fourth-order valence-corrected chi connectivity index (χ4v) is 3.39. The SMILES string of the molecule is CCNC(c1ccc(C)c(Cl)c1)c1sc(C)nc1C. The zero-order valence-electron chi connectivity index (χ0n) is 11.7. The molecule has 0 aliphatic carbocycles. The van der Waals surface area contributed by atoms with Crippen molar-refractivity contribution in [3.05, 3.63) is 49.9 Å². The van der Waals surface area contributed by atoms with E-state index in [1.807, 2.05) is 13.8 Å². The Morgan fingerprint density at radius 2 is 2.05 bits per heavy atom. The van der Waals surface area contributed by atoms with Gasteiger partial charge in [-0.2, -0.15) is 0 Å². The molecule has 1 aromatic heterocycles. The highest BCUT2D eigenvalue weighted by atomic mass is 35.5. The molecule has 2 aromatic rings. The average Bonchev–Trinajstić information content (AvgIpc) is 2.69. The van der Waals surface area contributed by atoms with Crippen molar-refractivity contribution in [1.29, 1.82) is 0 Å². The second-order valence-electron chi connectivity index (χ2n) is 4.68. The highest BCUT2D eigenvalue weighted by molar-refractivity contribution is 7.11. The van der Waals surface area contributed by atoms with Crippen LogP contribution in [0.25, 0.3) is 0 Å². The summed E-state index contributed by atoms with van der Waals surface area (Å²) < 4.78 is 0. The van der Waals surface area contributed by atoms with Gasteiger partial charge in [0.2, 0.25) is 0 Å². The number of hydrogen-bond donors (Lipinski definition) is 1. The van der Waals surface area contributed by atoms with Crippen molar-refractivity contribution in [1.82, 2.24) is 10.3 Å². The third kappa shape index (κ3) is 3.16. The predicted molar refractivity (Wildman–Crippen MR) is 83.3 cm³/mol. The normalized spacial score (nSPS) is 12.7. The van der Waals surface area contributed by atoms with Crippen LogP contribution >= 0.6 is 22.9 Å². The van der Waals surface area contributed by atoms with E-state index >= 15 is 0 Å². The number of halogens is 1. The lowest BCUT2D eigenvalue weighted by Crippen LogP contribution is -2.21. The second kappa shape index (κ2) is 6.04. The monoisotopic (exact) mass is 294 g/mol. The maximum Gasteiger partial charge on any atom is 0.0900 e. The molecular weight excluding hydrogens is 276 g/mol. The van der Waals surface area contributed by atoms with Crippen LogP contribution in [0.5, 0.6) is 0 Å². The molecule has 0 saturated carbocycles. The molecule has 0 spiro atoms. The largest absolute Gasteiger partial charge is 0.306 e. The quantitative estimate of drug-likeness (QED) is 0.903. The minimum absolute atomic E-state index is 0.175. The van der Waals surface area contributed by atoms with Crippen LogP contribution in [0.4, 0.5) is 0 Å². The summed E-state index contributed by atoms with van der Waals surface area (Å²) in [5.41, 5.74) is 3.41. The number of nitrogens with one attached hydrogen (secondary N) is 1. The lowest BCUT2D eigenvalue weighted by atomic mass is 10.0. The van der Waals surface area contributed by atoms with E-state index in [1.165, 1.54) is 10.4 Å². The maximum absolute atomic E-state index is 6.25. The summed E-state index contributed by atoms with van der Waals surface area (Å²) in [6.07, 6.45) is 0. The summed E-state index contributed by atoms with van der Waals surface area (Å²) in [4.78, 5) is 5.80. The van der Waals surface area contributed by atoms with Crippen LogP contribution in [0.1, 0.15) is 39.7 Å². The molecule has 1 aromatic carbocycles. The maximum atomic E-state index is 6.25. The van der Waals surface area contributed by atoms with Gasteiger partial charge in [-0.25, -0.2) is 4.98 Å². The molecule has 0 aliphatic rings. The first-order valence-electron chi connectivity index (χ1n) is 6.46. The van der Waals surface area contributed by atoms with E-state index in [0.717, 1.165) is 27.8 Å². The fourth-order valence-electron chi connectivity index (χ4n) is 2.17. The van der Waals surface area contributed by atoms with Crippen LogP contribution in [-0.2, 0) is 0 Å². The third-order valence-corrected chi connectivity index (χ3v) is 4.68.